The summed E-state index contributed by atoms with van der Waals surface area (Å²) in [7, 11) is 3.65. The Labute approximate surface area is 122 Å². The van der Waals surface area contributed by atoms with Crippen LogP contribution in [0.3, 0.4) is 0 Å². The molecule has 3 N–H and O–H groups in total. The number of aromatic nitrogens is 3. The fraction of sp³-hybridized carbons (Fsp3) is 0.308. The summed E-state index contributed by atoms with van der Waals surface area (Å²) in [6.45, 7) is 2.57. The molecule has 2 aromatic rings. The van der Waals surface area contributed by atoms with Gasteiger partial charge in [0, 0.05) is 26.3 Å². The number of hydrogen-bond donors (Lipinski definition) is 2. The first-order chi connectivity index (χ1) is 10.0. The van der Waals surface area contributed by atoms with E-state index in [-0.39, 0.29) is 11.8 Å². The number of nitrogens with one attached hydrogen (secondary N) is 1. The number of nitrogens with zero attached hydrogens (tertiary/aromatic N) is 5. The zero-order valence-corrected chi connectivity index (χ0v) is 12.2. The summed E-state index contributed by atoms with van der Waals surface area (Å²) in [6.07, 6.45) is 0. The average molecular weight is 291 g/mol. The highest BCUT2D eigenvalue weighted by Crippen LogP contribution is 2.24. The van der Waals surface area contributed by atoms with E-state index in [4.69, 9.17) is 5.84 Å². The fourth-order valence-electron chi connectivity index (χ4n) is 1.80. The maximum Gasteiger partial charge on any atom is 0.243 e. The Morgan fingerprint density at radius 3 is 2.24 bits per heavy atom. The van der Waals surface area contributed by atoms with E-state index >= 15 is 0 Å². The monoisotopic (exact) mass is 291 g/mol. The van der Waals surface area contributed by atoms with Crippen molar-refractivity contribution in [2.45, 2.75) is 6.92 Å². The molecule has 0 atom stereocenters. The number of rotatable bonds is 5. The Balaban J connectivity index is 2.46. The third kappa shape index (κ3) is 3.34. The van der Waals surface area contributed by atoms with E-state index in [9.17, 15) is 4.39 Å². The molecule has 0 aliphatic rings. The van der Waals surface area contributed by atoms with Gasteiger partial charge in [-0.3, -0.25) is 5.43 Å². The first-order valence-electron chi connectivity index (χ1n) is 6.48. The van der Waals surface area contributed by atoms with Gasteiger partial charge in [0.25, 0.3) is 0 Å². The summed E-state index contributed by atoms with van der Waals surface area (Å²) < 4.78 is 13.1. The van der Waals surface area contributed by atoms with E-state index in [0.717, 1.165) is 5.69 Å². The lowest BCUT2D eigenvalue weighted by molar-refractivity contribution is 0.627. The van der Waals surface area contributed by atoms with Crippen molar-refractivity contribution in [3.05, 3.63) is 30.1 Å². The summed E-state index contributed by atoms with van der Waals surface area (Å²) in [5.74, 6) is 6.30. The van der Waals surface area contributed by atoms with Crippen LogP contribution in [0.1, 0.15) is 6.92 Å². The maximum absolute atomic E-state index is 13.1. The van der Waals surface area contributed by atoms with Crippen molar-refractivity contribution >= 4 is 23.5 Å². The summed E-state index contributed by atoms with van der Waals surface area (Å²) >= 11 is 0. The molecule has 1 aromatic heterocycles. The number of benzene rings is 1. The summed E-state index contributed by atoms with van der Waals surface area (Å²) in [6, 6.07) is 6.14. The fourth-order valence-corrected chi connectivity index (χ4v) is 1.80. The Bertz CT molecular complexity index is 600. The number of hydrogen-bond acceptors (Lipinski definition) is 7. The van der Waals surface area contributed by atoms with Crippen LogP contribution in [0.5, 0.6) is 0 Å². The SMILES string of the molecule is CCN(c1ccc(F)cc1)c1nc(NN)nc(N(C)C)n1. The highest BCUT2D eigenvalue weighted by Gasteiger charge is 2.14. The molecular weight excluding hydrogens is 273 g/mol. The van der Waals surface area contributed by atoms with Crippen molar-refractivity contribution < 1.29 is 4.39 Å². The smallest absolute Gasteiger partial charge is 0.243 e. The van der Waals surface area contributed by atoms with Gasteiger partial charge in [0.05, 0.1) is 0 Å². The van der Waals surface area contributed by atoms with E-state index in [1.165, 1.54) is 12.1 Å². The minimum atomic E-state index is -0.288. The highest BCUT2D eigenvalue weighted by molar-refractivity contribution is 5.59. The van der Waals surface area contributed by atoms with Crippen LogP contribution in [-0.2, 0) is 0 Å². The van der Waals surface area contributed by atoms with Gasteiger partial charge in [0.2, 0.25) is 17.8 Å². The molecule has 1 aromatic carbocycles. The standard InChI is InChI=1S/C13H18FN7/c1-4-21(10-7-5-9(14)6-8-10)13-17-11(19-15)16-12(18-13)20(2)3/h5-8H,4,15H2,1-3H3,(H,16,17,18,19). The zero-order valence-electron chi connectivity index (χ0n) is 12.2. The molecule has 1 heterocycles. The molecule has 0 radical (unpaired) electrons. The van der Waals surface area contributed by atoms with Crippen molar-refractivity contribution in [3.63, 3.8) is 0 Å². The van der Waals surface area contributed by atoms with Gasteiger partial charge in [0.1, 0.15) is 5.82 Å². The molecule has 0 saturated heterocycles. The maximum atomic E-state index is 13.1. The van der Waals surface area contributed by atoms with Gasteiger partial charge in [-0.2, -0.15) is 15.0 Å². The Morgan fingerprint density at radius 1 is 1.10 bits per heavy atom. The minimum Gasteiger partial charge on any atom is -0.347 e. The first-order valence-corrected chi connectivity index (χ1v) is 6.48. The molecule has 0 unspecified atom stereocenters. The molecule has 0 spiro atoms. The van der Waals surface area contributed by atoms with Gasteiger partial charge in [-0.15, -0.1) is 0 Å². The Hall–Kier alpha value is -2.48. The molecule has 112 valence electrons. The molecule has 7 nitrogen and oxygen atoms in total. The molecule has 0 aliphatic carbocycles. The Morgan fingerprint density at radius 2 is 1.71 bits per heavy atom. The van der Waals surface area contributed by atoms with Crippen molar-refractivity contribution in [3.8, 4) is 0 Å². The lowest BCUT2D eigenvalue weighted by Gasteiger charge is -2.22. The summed E-state index contributed by atoms with van der Waals surface area (Å²) in [4.78, 5) is 16.4. The quantitative estimate of drug-likeness (QED) is 0.638. The lowest BCUT2D eigenvalue weighted by Crippen LogP contribution is -2.23. The molecule has 0 amide bonds. The van der Waals surface area contributed by atoms with E-state index in [2.05, 4.69) is 20.4 Å². The second-order valence-electron chi connectivity index (χ2n) is 4.52. The van der Waals surface area contributed by atoms with Crippen LogP contribution in [0.15, 0.2) is 24.3 Å². The van der Waals surface area contributed by atoms with Crippen molar-refractivity contribution in [2.75, 3.05) is 35.9 Å². The number of anilines is 4. The predicted octanol–water partition coefficient (Wildman–Crippen LogP) is 1.52. The molecule has 0 saturated carbocycles. The first kappa shape index (κ1) is 14.9. The van der Waals surface area contributed by atoms with Crippen LogP contribution >= 0.6 is 0 Å². The van der Waals surface area contributed by atoms with Gasteiger partial charge in [-0.25, -0.2) is 10.2 Å². The van der Waals surface area contributed by atoms with Crippen LogP contribution in [-0.4, -0.2) is 35.6 Å². The van der Waals surface area contributed by atoms with Crippen LogP contribution in [0.4, 0.5) is 27.9 Å². The second kappa shape index (κ2) is 6.31. The van der Waals surface area contributed by atoms with Gasteiger partial charge >= 0.3 is 0 Å². The largest absolute Gasteiger partial charge is 0.347 e. The minimum absolute atomic E-state index is 0.268. The van der Waals surface area contributed by atoms with Gasteiger partial charge < -0.3 is 9.80 Å². The van der Waals surface area contributed by atoms with Crippen molar-refractivity contribution in [1.29, 1.82) is 0 Å². The molecule has 0 aliphatic heterocycles. The van der Waals surface area contributed by atoms with Crippen LogP contribution in [0.2, 0.25) is 0 Å². The topological polar surface area (TPSA) is 83.2 Å². The van der Waals surface area contributed by atoms with E-state index in [0.29, 0.717) is 18.4 Å². The van der Waals surface area contributed by atoms with Gasteiger partial charge in [-0.05, 0) is 31.2 Å². The number of halogens is 1. The molecule has 21 heavy (non-hydrogen) atoms. The molecule has 0 fully saturated rings. The molecule has 8 heteroatoms. The zero-order chi connectivity index (χ0) is 15.4. The molecule has 0 bridgehead atoms. The normalized spacial score (nSPS) is 10.3. The predicted molar refractivity (Wildman–Crippen MR) is 81.0 cm³/mol. The molecular formula is C13H18FN7. The third-order valence-electron chi connectivity index (χ3n) is 2.84. The molecule has 2 rings (SSSR count). The van der Waals surface area contributed by atoms with Crippen molar-refractivity contribution in [2.24, 2.45) is 5.84 Å². The van der Waals surface area contributed by atoms with Gasteiger partial charge in [-0.1, -0.05) is 0 Å². The van der Waals surface area contributed by atoms with Crippen molar-refractivity contribution in [1.82, 2.24) is 15.0 Å². The second-order valence-corrected chi connectivity index (χ2v) is 4.52. The van der Waals surface area contributed by atoms with E-state index < -0.39 is 0 Å². The number of nitrogen functional groups attached to an aromatic ring is 1. The Kier molecular flexibility index (Phi) is 4.49. The third-order valence-corrected chi connectivity index (χ3v) is 2.84. The highest BCUT2D eigenvalue weighted by atomic mass is 19.1. The van der Waals surface area contributed by atoms with Crippen LogP contribution in [0.25, 0.3) is 0 Å². The van der Waals surface area contributed by atoms with E-state index in [1.54, 1.807) is 17.0 Å². The number of hydrazine groups is 1. The average Bonchev–Trinajstić information content (AvgIpc) is 2.49. The van der Waals surface area contributed by atoms with E-state index in [1.807, 2.05) is 25.9 Å². The summed E-state index contributed by atoms with van der Waals surface area (Å²) in [5, 5.41) is 0. The number of nitrogens with two attached hydrogens (primary N) is 1. The van der Waals surface area contributed by atoms with Crippen LogP contribution in [0, 0.1) is 5.82 Å². The van der Waals surface area contributed by atoms with Gasteiger partial charge in [0.15, 0.2) is 0 Å². The summed E-state index contributed by atoms with van der Waals surface area (Å²) in [5.41, 5.74) is 3.22. The lowest BCUT2D eigenvalue weighted by atomic mass is 10.3. The van der Waals surface area contributed by atoms with Crippen LogP contribution < -0.4 is 21.1 Å².